The Morgan fingerprint density at radius 1 is 1.57 bits per heavy atom. The highest BCUT2D eigenvalue weighted by atomic mass is 79.9. The van der Waals surface area contributed by atoms with Gasteiger partial charge in [-0.15, -0.1) is 10.2 Å². The zero-order valence-corrected chi connectivity index (χ0v) is 9.99. The number of ether oxygens (including phenoxy) is 1. The number of alkyl halides is 1. The summed E-state index contributed by atoms with van der Waals surface area (Å²) in [6.07, 6.45) is 1.24. The highest BCUT2D eigenvalue weighted by molar-refractivity contribution is 9.08. The average Bonchev–Trinajstić information content (AvgIpc) is 2.72. The van der Waals surface area contributed by atoms with Gasteiger partial charge in [0.1, 0.15) is 11.9 Å². The predicted molar refractivity (Wildman–Crippen MR) is 56.1 cm³/mol. The van der Waals surface area contributed by atoms with E-state index in [1.807, 2.05) is 11.6 Å². The fraction of sp³-hybridized carbons (Fsp3) is 0.778. The van der Waals surface area contributed by atoms with Crippen molar-refractivity contribution in [2.24, 2.45) is 13.0 Å². The van der Waals surface area contributed by atoms with Crippen molar-refractivity contribution in [1.29, 1.82) is 0 Å². The number of hydrogen-bond donors (Lipinski definition) is 0. The van der Waals surface area contributed by atoms with E-state index in [2.05, 4.69) is 33.1 Å². The molecule has 0 radical (unpaired) electrons. The van der Waals surface area contributed by atoms with Gasteiger partial charge in [0.2, 0.25) is 0 Å². The minimum absolute atomic E-state index is 0.125. The van der Waals surface area contributed by atoms with Crippen LogP contribution in [0.15, 0.2) is 0 Å². The molecule has 0 bridgehead atoms. The van der Waals surface area contributed by atoms with Crippen molar-refractivity contribution in [3.8, 4) is 0 Å². The summed E-state index contributed by atoms with van der Waals surface area (Å²) in [6, 6.07) is 0. The summed E-state index contributed by atoms with van der Waals surface area (Å²) >= 11 is 3.38. The summed E-state index contributed by atoms with van der Waals surface area (Å²) < 4.78 is 7.67. The van der Waals surface area contributed by atoms with Crippen molar-refractivity contribution >= 4 is 15.9 Å². The lowest BCUT2D eigenvalue weighted by Crippen LogP contribution is -2.11. The highest BCUT2D eigenvalue weighted by Crippen LogP contribution is 2.32. The Hall–Kier alpha value is -0.420. The van der Waals surface area contributed by atoms with E-state index >= 15 is 0 Å². The first kappa shape index (κ1) is 10.1. The highest BCUT2D eigenvalue weighted by Gasteiger charge is 2.30. The number of aromatic nitrogens is 3. The second kappa shape index (κ2) is 3.98. The summed E-state index contributed by atoms with van der Waals surface area (Å²) in [6.45, 7) is 3.03. The fourth-order valence-electron chi connectivity index (χ4n) is 1.77. The molecule has 2 heterocycles. The molecule has 0 saturated carbocycles. The number of rotatable bonds is 2. The van der Waals surface area contributed by atoms with Crippen LogP contribution in [0.1, 0.15) is 31.1 Å². The zero-order valence-electron chi connectivity index (χ0n) is 8.40. The van der Waals surface area contributed by atoms with Crippen LogP contribution < -0.4 is 0 Å². The topological polar surface area (TPSA) is 39.9 Å². The van der Waals surface area contributed by atoms with Gasteiger partial charge in [-0.3, -0.25) is 0 Å². The first-order valence-corrected chi connectivity index (χ1v) is 5.92. The molecule has 2 atom stereocenters. The molecule has 0 amide bonds. The van der Waals surface area contributed by atoms with Gasteiger partial charge in [0.15, 0.2) is 5.82 Å². The zero-order chi connectivity index (χ0) is 10.1. The van der Waals surface area contributed by atoms with Gasteiger partial charge in [-0.1, -0.05) is 22.9 Å². The minimum atomic E-state index is 0.125. The molecule has 0 N–H and O–H groups in total. The van der Waals surface area contributed by atoms with Gasteiger partial charge in [-0.05, 0) is 12.3 Å². The summed E-state index contributed by atoms with van der Waals surface area (Å²) in [4.78, 5) is 0. The lowest BCUT2D eigenvalue weighted by Gasteiger charge is -2.13. The Labute approximate surface area is 91.8 Å². The van der Waals surface area contributed by atoms with Gasteiger partial charge in [0, 0.05) is 13.7 Å². The molecule has 1 aromatic rings. The second-order valence-electron chi connectivity index (χ2n) is 3.72. The molecule has 1 fully saturated rings. The predicted octanol–water partition coefficient (Wildman–Crippen LogP) is 1.81. The van der Waals surface area contributed by atoms with E-state index in [1.165, 1.54) is 0 Å². The maximum atomic E-state index is 5.65. The van der Waals surface area contributed by atoms with Crippen LogP contribution in [-0.2, 0) is 17.1 Å². The van der Waals surface area contributed by atoms with Gasteiger partial charge in [0.05, 0.1) is 5.33 Å². The molecule has 0 spiro atoms. The van der Waals surface area contributed by atoms with Gasteiger partial charge in [-0.2, -0.15) is 0 Å². The largest absolute Gasteiger partial charge is 0.370 e. The SMILES string of the molecule is CC1CCOC1c1nnc(CBr)n1C. The molecule has 5 heteroatoms. The third-order valence-electron chi connectivity index (χ3n) is 2.76. The molecule has 14 heavy (non-hydrogen) atoms. The molecule has 4 nitrogen and oxygen atoms in total. The molecule has 2 rings (SSSR count). The first-order valence-electron chi connectivity index (χ1n) is 4.79. The average molecular weight is 260 g/mol. The first-order chi connectivity index (χ1) is 6.74. The molecule has 1 saturated heterocycles. The summed E-state index contributed by atoms with van der Waals surface area (Å²) in [7, 11) is 1.99. The molecule has 1 aliphatic rings. The molecule has 2 unspecified atom stereocenters. The van der Waals surface area contributed by atoms with Crippen molar-refractivity contribution in [2.45, 2.75) is 24.8 Å². The maximum absolute atomic E-state index is 5.65. The molecule has 1 aliphatic heterocycles. The number of hydrogen-bond acceptors (Lipinski definition) is 3. The van der Waals surface area contributed by atoms with Crippen LogP contribution in [0.2, 0.25) is 0 Å². The van der Waals surface area contributed by atoms with Crippen molar-refractivity contribution in [3.05, 3.63) is 11.6 Å². The van der Waals surface area contributed by atoms with E-state index in [-0.39, 0.29) is 6.10 Å². The Balaban J connectivity index is 2.27. The molecule has 1 aromatic heterocycles. The molecule has 0 aliphatic carbocycles. The summed E-state index contributed by atoms with van der Waals surface area (Å²) in [5, 5.41) is 9.01. The quantitative estimate of drug-likeness (QED) is 0.761. The van der Waals surface area contributed by atoms with E-state index in [4.69, 9.17) is 4.74 Å². The van der Waals surface area contributed by atoms with E-state index in [0.29, 0.717) is 5.92 Å². The van der Waals surface area contributed by atoms with Crippen LogP contribution in [-0.4, -0.2) is 21.4 Å². The van der Waals surface area contributed by atoms with Crippen LogP contribution >= 0.6 is 15.9 Å². The molecular formula is C9H14BrN3O. The Morgan fingerprint density at radius 3 is 2.86 bits per heavy atom. The fourth-order valence-corrected chi connectivity index (χ4v) is 2.25. The smallest absolute Gasteiger partial charge is 0.162 e. The number of nitrogens with zero attached hydrogens (tertiary/aromatic N) is 3. The van der Waals surface area contributed by atoms with Gasteiger partial charge in [0.25, 0.3) is 0 Å². The summed E-state index contributed by atoms with van der Waals surface area (Å²) in [5.41, 5.74) is 0. The lowest BCUT2D eigenvalue weighted by molar-refractivity contribution is 0.0847. The van der Waals surface area contributed by atoms with Crippen LogP contribution in [0.4, 0.5) is 0 Å². The molecule has 0 aromatic carbocycles. The van der Waals surface area contributed by atoms with E-state index in [1.54, 1.807) is 0 Å². The Bertz CT molecular complexity index is 326. The maximum Gasteiger partial charge on any atom is 0.162 e. The third-order valence-corrected chi connectivity index (χ3v) is 3.26. The van der Waals surface area contributed by atoms with Crippen molar-refractivity contribution in [2.75, 3.05) is 6.61 Å². The van der Waals surface area contributed by atoms with Gasteiger partial charge in [-0.25, -0.2) is 0 Å². The van der Waals surface area contributed by atoms with Crippen molar-refractivity contribution in [1.82, 2.24) is 14.8 Å². The summed E-state index contributed by atoms with van der Waals surface area (Å²) in [5.74, 6) is 2.44. The van der Waals surface area contributed by atoms with Crippen LogP contribution in [0, 0.1) is 5.92 Å². The van der Waals surface area contributed by atoms with Crippen molar-refractivity contribution in [3.63, 3.8) is 0 Å². The lowest BCUT2D eigenvalue weighted by atomic mass is 10.0. The van der Waals surface area contributed by atoms with E-state index in [9.17, 15) is 0 Å². The van der Waals surface area contributed by atoms with Gasteiger partial charge >= 0.3 is 0 Å². The number of halogens is 1. The Kier molecular flexibility index (Phi) is 2.88. The van der Waals surface area contributed by atoms with E-state index < -0.39 is 0 Å². The van der Waals surface area contributed by atoms with E-state index in [0.717, 1.165) is 30.0 Å². The van der Waals surface area contributed by atoms with Crippen LogP contribution in [0.5, 0.6) is 0 Å². The van der Waals surface area contributed by atoms with Crippen molar-refractivity contribution < 1.29 is 4.74 Å². The van der Waals surface area contributed by atoms with Gasteiger partial charge < -0.3 is 9.30 Å². The monoisotopic (exact) mass is 259 g/mol. The van der Waals surface area contributed by atoms with Crippen LogP contribution in [0.3, 0.4) is 0 Å². The standard InChI is InChI=1S/C9H14BrN3O/c1-6-3-4-14-8(6)9-12-11-7(5-10)13(9)2/h6,8H,3-5H2,1-2H3. The third kappa shape index (κ3) is 1.59. The molecule has 78 valence electrons. The normalized spacial score (nSPS) is 27.1. The second-order valence-corrected chi connectivity index (χ2v) is 4.29. The van der Waals surface area contributed by atoms with Crippen LogP contribution in [0.25, 0.3) is 0 Å². The minimum Gasteiger partial charge on any atom is -0.370 e. The molecular weight excluding hydrogens is 246 g/mol. The Morgan fingerprint density at radius 2 is 2.36 bits per heavy atom.